The molecule has 0 aliphatic heterocycles. The van der Waals surface area contributed by atoms with E-state index in [-0.39, 0.29) is 45.2 Å². The molecule has 0 aliphatic rings. The van der Waals surface area contributed by atoms with E-state index in [0.29, 0.717) is 19.6 Å². The highest BCUT2D eigenvalue weighted by atomic mass is 16.6. The van der Waals surface area contributed by atoms with Crippen LogP contribution in [0.2, 0.25) is 0 Å². The Morgan fingerprint density at radius 1 is 0.621 bits per heavy atom. The van der Waals surface area contributed by atoms with E-state index >= 15 is 0 Å². The van der Waals surface area contributed by atoms with Crippen molar-refractivity contribution in [1.29, 1.82) is 0 Å². The topological polar surface area (TPSA) is 125 Å². The smallest absolute Gasteiger partial charge is 0.372 e. The molecule has 0 heterocycles. The lowest BCUT2D eigenvalue weighted by atomic mass is 10.1. The van der Waals surface area contributed by atoms with Crippen molar-refractivity contribution in [1.82, 2.24) is 0 Å². The number of ketones is 1. The molecule has 0 aromatic rings. The van der Waals surface area contributed by atoms with Gasteiger partial charge in [0.05, 0.1) is 32.8 Å². The third-order valence-corrected chi connectivity index (χ3v) is 3.88. The number of carboxylic acids is 1. The minimum atomic E-state index is -1.56. The van der Waals surface area contributed by atoms with E-state index in [4.69, 9.17) is 24.1 Å². The van der Waals surface area contributed by atoms with Gasteiger partial charge in [-0.05, 0) is 6.42 Å². The highest BCUT2D eigenvalue weighted by Crippen LogP contribution is 2.07. The van der Waals surface area contributed by atoms with Crippen LogP contribution in [0.25, 0.3) is 0 Å². The van der Waals surface area contributed by atoms with Gasteiger partial charge < -0.3 is 24.1 Å². The number of unbranched alkanes of at least 4 members (excludes halogenated alkanes) is 5. The number of Topliss-reactive ketones (excluding diaryl/α,β-unsaturated/α-hetero) is 1. The standard InChI is InChI=1S/C20H34O9/c1-2-3-4-5-6-7-8-18(22)28-15-13-26-11-12-27-14-16-29-19(23)10-9-17(21)20(24)25/h2-16H2,1H3,(H,24,25). The molecular weight excluding hydrogens is 384 g/mol. The van der Waals surface area contributed by atoms with Crippen LogP contribution in [0, 0.1) is 0 Å². The SMILES string of the molecule is CCCCCCCCC(=O)OCCOCCOCCOC(=O)CCC(=O)C(=O)O. The Labute approximate surface area is 172 Å². The Kier molecular flexibility index (Phi) is 18.0. The second kappa shape index (κ2) is 19.3. The molecule has 0 unspecified atom stereocenters. The van der Waals surface area contributed by atoms with Gasteiger partial charge in [-0.25, -0.2) is 4.79 Å². The van der Waals surface area contributed by atoms with E-state index in [0.717, 1.165) is 19.3 Å². The van der Waals surface area contributed by atoms with Gasteiger partial charge >= 0.3 is 17.9 Å². The maximum absolute atomic E-state index is 11.5. The highest BCUT2D eigenvalue weighted by molar-refractivity contribution is 6.32. The number of hydrogen-bond acceptors (Lipinski definition) is 8. The van der Waals surface area contributed by atoms with Gasteiger partial charge in [-0.2, -0.15) is 0 Å². The summed E-state index contributed by atoms with van der Waals surface area (Å²) in [5.74, 6) is -3.44. The molecule has 9 nitrogen and oxygen atoms in total. The van der Waals surface area contributed by atoms with Crippen LogP contribution in [0.15, 0.2) is 0 Å². The maximum Gasteiger partial charge on any atom is 0.372 e. The first kappa shape index (κ1) is 27.0. The monoisotopic (exact) mass is 418 g/mol. The molecule has 0 fully saturated rings. The summed E-state index contributed by atoms with van der Waals surface area (Å²) in [6.07, 6.45) is 6.53. The molecule has 0 saturated carbocycles. The van der Waals surface area contributed by atoms with Crippen molar-refractivity contribution in [3.63, 3.8) is 0 Å². The average Bonchev–Trinajstić information content (AvgIpc) is 2.69. The minimum Gasteiger partial charge on any atom is -0.476 e. The normalized spacial score (nSPS) is 10.5. The fourth-order valence-corrected chi connectivity index (χ4v) is 2.27. The number of hydrogen-bond donors (Lipinski definition) is 1. The van der Waals surface area contributed by atoms with Crippen molar-refractivity contribution in [3.8, 4) is 0 Å². The van der Waals surface area contributed by atoms with Crippen LogP contribution in [-0.2, 0) is 38.1 Å². The predicted molar refractivity (Wildman–Crippen MR) is 103 cm³/mol. The number of carboxylic acid groups (broad SMARTS) is 1. The molecule has 0 radical (unpaired) electrons. The van der Waals surface area contributed by atoms with Crippen molar-refractivity contribution in [3.05, 3.63) is 0 Å². The molecule has 29 heavy (non-hydrogen) atoms. The lowest BCUT2D eigenvalue weighted by molar-refractivity contribution is -0.151. The first-order chi connectivity index (χ1) is 14.0. The van der Waals surface area contributed by atoms with Crippen LogP contribution < -0.4 is 0 Å². The number of esters is 2. The Morgan fingerprint density at radius 3 is 1.66 bits per heavy atom. The van der Waals surface area contributed by atoms with Gasteiger partial charge in [0.25, 0.3) is 0 Å². The summed E-state index contributed by atoms with van der Waals surface area (Å²) in [5, 5.41) is 8.38. The van der Waals surface area contributed by atoms with Gasteiger partial charge in [0.15, 0.2) is 0 Å². The van der Waals surface area contributed by atoms with Crippen molar-refractivity contribution >= 4 is 23.7 Å². The number of rotatable bonds is 20. The number of carbonyl (C=O) groups excluding carboxylic acids is 3. The number of aliphatic carboxylic acids is 1. The van der Waals surface area contributed by atoms with Crippen LogP contribution in [0.1, 0.15) is 64.7 Å². The van der Waals surface area contributed by atoms with Gasteiger partial charge in [-0.15, -0.1) is 0 Å². The fraction of sp³-hybridized carbons (Fsp3) is 0.800. The summed E-state index contributed by atoms with van der Waals surface area (Å²) in [4.78, 5) is 43.9. The molecule has 0 spiro atoms. The molecule has 0 aliphatic carbocycles. The van der Waals surface area contributed by atoms with E-state index in [1.807, 2.05) is 0 Å². The van der Waals surface area contributed by atoms with Crippen LogP contribution in [0.4, 0.5) is 0 Å². The molecule has 0 bridgehead atoms. The Hall–Kier alpha value is -2.00. The van der Waals surface area contributed by atoms with Crippen LogP contribution >= 0.6 is 0 Å². The van der Waals surface area contributed by atoms with E-state index in [2.05, 4.69) is 6.92 Å². The number of ether oxygens (including phenoxy) is 4. The lowest BCUT2D eigenvalue weighted by Gasteiger charge is -2.07. The molecule has 0 amide bonds. The van der Waals surface area contributed by atoms with Crippen molar-refractivity contribution in [2.24, 2.45) is 0 Å². The second-order valence-electron chi connectivity index (χ2n) is 6.41. The first-order valence-electron chi connectivity index (χ1n) is 10.2. The molecule has 0 saturated heterocycles. The zero-order valence-corrected chi connectivity index (χ0v) is 17.3. The zero-order chi connectivity index (χ0) is 21.7. The summed E-state index contributed by atoms with van der Waals surface area (Å²) in [6, 6.07) is 0. The molecular formula is C20H34O9. The molecule has 168 valence electrons. The predicted octanol–water partition coefficient (Wildman–Crippen LogP) is 2.29. The first-order valence-corrected chi connectivity index (χ1v) is 10.2. The fourth-order valence-electron chi connectivity index (χ4n) is 2.27. The quantitative estimate of drug-likeness (QED) is 0.180. The third-order valence-electron chi connectivity index (χ3n) is 3.88. The van der Waals surface area contributed by atoms with Gasteiger partial charge in [0.2, 0.25) is 5.78 Å². The molecule has 0 atom stereocenters. The van der Waals surface area contributed by atoms with E-state index < -0.39 is 17.7 Å². The van der Waals surface area contributed by atoms with E-state index in [1.54, 1.807) is 0 Å². The Balaban J connectivity index is 3.32. The summed E-state index contributed by atoms with van der Waals surface area (Å²) in [5.41, 5.74) is 0. The maximum atomic E-state index is 11.5. The van der Waals surface area contributed by atoms with Gasteiger partial charge in [0.1, 0.15) is 13.2 Å². The summed E-state index contributed by atoms with van der Waals surface area (Å²) in [7, 11) is 0. The minimum absolute atomic E-state index is 0.0101. The van der Waals surface area contributed by atoms with Gasteiger partial charge in [0, 0.05) is 12.8 Å². The van der Waals surface area contributed by atoms with E-state index in [9.17, 15) is 19.2 Å². The van der Waals surface area contributed by atoms with Crippen LogP contribution in [0.5, 0.6) is 0 Å². The van der Waals surface area contributed by atoms with Crippen molar-refractivity contribution < 1.29 is 43.2 Å². The van der Waals surface area contributed by atoms with E-state index in [1.165, 1.54) is 19.3 Å². The molecule has 1 N–H and O–H groups in total. The largest absolute Gasteiger partial charge is 0.476 e. The Bertz CT molecular complexity index is 477. The number of carbonyl (C=O) groups is 4. The summed E-state index contributed by atoms with van der Waals surface area (Å²) >= 11 is 0. The second-order valence-corrected chi connectivity index (χ2v) is 6.41. The zero-order valence-electron chi connectivity index (χ0n) is 17.3. The van der Waals surface area contributed by atoms with Crippen molar-refractivity contribution in [2.75, 3.05) is 39.6 Å². The lowest BCUT2D eigenvalue weighted by Crippen LogP contribution is -2.17. The van der Waals surface area contributed by atoms with Crippen LogP contribution in [-0.4, -0.2) is 68.4 Å². The molecule has 9 heteroatoms. The van der Waals surface area contributed by atoms with Gasteiger partial charge in [-0.1, -0.05) is 39.0 Å². The molecule has 0 rings (SSSR count). The van der Waals surface area contributed by atoms with Crippen LogP contribution in [0.3, 0.4) is 0 Å². The summed E-state index contributed by atoms with van der Waals surface area (Å²) in [6.45, 7) is 3.45. The van der Waals surface area contributed by atoms with Crippen molar-refractivity contribution in [2.45, 2.75) is 64.7 Å². The third kappa shape index (κ3) is 19.1. The Morgan fingerprint density at radius 2 is 1.10 bits per heavy atom. The average molecular weight is 418 g/mol. The molecule has 0 aromatic carbocycles. The molecule has 0 aromatic heterocycles. The highest BCUT2D eigenvalue weighted by Gasteiger charge is 2.14. The summed E-state index contributed by atoms with van der Waals surface area (Å²) < 4.78 is 20.3. The van der Waals surface area contributed by atoms with Gasteiger partial charge in [-0.3, -0.25) is 14.4 Å².